The van der Waals surface area contributed by atoms with Gasteiger partial charge in [0.15, 0.2) is 0 Å². The van der Waals surface area contributed by atoms with Crippen LogP contribution in [0.15, 0.2) is 42.6 Å². The van der Waals surface area contributed by atoms with Crippen molar-refractivity contribution in [2.75, 3.05) is 7.05 Å². The van der Waals surface area contributed by atoms with Crippen molar-refractivity contribution >= 4 is 5.97 Å². The zero-order valence-corrected chi connectivity index (χ0v) is 13.3. The van der Waals surface area contributed by atoms with Gasteiger partial charge in [0.2, 0.25) is 0 Å². The average molecular weight is 298 g/mol. The van der Waals surface area contributed by atoms with E-state index in [1.165, 1.54) is 5.56 Å². The SMILES string of the molecule is Cc1cccnc1C[C@@H](C)N(C)Cc1ccccc1C(=O)O. The summed E-state index contributed by atoms with van der Waals surface area (Å²) in [5, 5.41) is 9.26. The first-order valence-electron chi connectivity index (χ1n) is 7.41. The van der Waals surface area contributed by atoms with Gasteiger partial charge in [-0.2, -0.15) is 0 Å². The molecule has 2 rings (SSSR count). The number of aromatic carboxylic acids is 1. The fourth-order valence-electron chi connectivity index (χ4n) is 2.46. The van der Waals surface area contributed by atoms with E-state index in [9.17, 15) is 9.90 Å². The van der Waals surface area contributed by atoms with Gasteiger partial charge < -0.3 is 5.11 Å². The molecule has 1 N–H and O–H groups in total. The molecule has 0 bridgehead atoms. The Balaban J connectivity index is 2.07. The lowest BCUT2D eigenvalue weighted by Crippen LogP contribution is -2.31. The van der Waals surface area contributed by atoms with Crippen molar-refractivity contribution in [3.05, 3.63) is 65.0 Å². The van der Waals surface area contributed by atoms with Crippen LogP contribution in [0.4, 0.5) is 0 Å². The number of pyridine rings is 1. The summed E-state index contributed by atoms with van der Waals surface area (Å²) >= 11 is 0. The first-order valence-corrected chi connectivity index (χ1v) is 7.41. The van der Waals surface area contributed by atoms with Crippen LogP contribution >= 0.6 is 0 Å². The highest BCUT2D eigenvalue weighted by Gasteiger charge is 2.15. The largest absolute Gasteiger partial charge is 0.478 e. The van der Waals surface area contributed by atoms with Gasteiger partial charge in [0.1, 0.15) is 0 Å². The summed E-state index contributed by atoms with van der Waals surface area (Å²) in [4.78, 5) is 17.9. The van der Waals surface area contributed by atoms with Gasteiger partial charge in [-0.05, 0) is 44.2 Å². The highest BCUT2D eigenvalue weighted by Crippen LogP contribution is 2.15. The zero-order chi connectivity index (χ0) is 16.1. The van der Waals surface area contributed by atoms with E-state index in [-0.39, 0.29) is 6.04 Å². The van der Waals surface area contributed by atoms with Crippen LogP contribution in [0, 0.1) is 6.92 Å². The minimum atomic E-state index is -0.878. The number of rotatable bonds is 6. The quantitative estimate of drug-likeness (QED) is 0.890. The third-order valence-corrected chi connectivity index (χ3v) is 4.03. The molecule has 0 spiro atoms. The van der Waals surface area contributed by atoms with E-state index in [4.69, 9.17) is 0 Å². The minimum absolute atomic E-state index is 0.274. The number of aromatic nitrogens is 1. The third kappa shape index (κ3) is 3.92. The van der Waals surface area contributed by atoms with Crippen molar-refractivity contribution in [3.8, 4) is 0 Å². The number of hydrogen-bond donors (Lipinski definition) is 1. The second-order valence-electron chi connectivity index (χ2n) is 5.70. The van der Waals surface area contributed by atoms with Crippen LogP contribution in [0.5, 0.6) is 0 Å². The summed E-state index contributed by atoms with van der Waals surface area (Å²) in [5.41, 5.74) is 3.49. The summed E-state index contributed by atoms with van der Waals surface area (Å²) in [6, 6.07) is 11.4. The van der Waals surface area contributed by atoms with Crippen molar-refractivity contribution in [1.82, 2.24) is 9.88 Å². The Kier molecular flexibility index (Phi) is 5.28. The second-order valence-corrected chi connectivity index (χ2v) is 5.70. The van der Waals surface area contributed by atoms with E-state index in [0.29, 0.717) is 12.1 Å². The van der Waals surface area contributed by atoms with Crippen LogP contribution in [0.1, 0.15) is 34.1 Å². The van der Waals surface area contributed by atoms with Crippen molar-refractivity contribution in [2.45, 2.75) is 32.9 Å². The molecule has 0 saturated carbocycles. The Morgan fingerprint density at radius 1 is 1.27 bits per heavy atom. The van der Waals surface area contributed by atoms with E-state index in [0.717, 1.165) is 17.7 Å². The average Bonchev–Trinajstić information content (AvgIpc) is 2.49. The topological polar surface area (TPSA) is 53.4 Å². The van der Waals surface area contributed by atoms with Gasteiger partial charge in [0.25, 0.3) is 0 Å². The number of carboxylic acids is 1. The molecular weight excluding hydrogens is 276 g/mol. The van der Waals surface area contributed by atoms with Gasteiger partial charge in [0, 0.05) is 30.9 Å². The molecule has 0 aliphatic carbocycles. The maximum atomic E-state index is 11.3. The lowest BCUT2D eigenvalue weighted by Gasteiger charge is -2.25. The van der Waals surface area contributed by atoms with E-state index < -0.39 is 5.97 Å². The Hall–Kier alpha value is -2.20. The van der Waals surface area contributed by atoms with Crippen molar-refractivity contribution < 1.29 is 9.90 Å². The lowest BCUT2D eigenvalue weighted by atomic mass is 10.0. The van der Waals surface area contributed by atoms with E-state index in [1.54, 1.807) is 12.1 Å². The summed E-state index contributed by atoms with van der Waals surface area (Å²) in [7, 11) is 2.02. The molecule has 2 aromatic rings. The maximum absolute atomic E-state index is 11.3. The molecular formula is C18H22N2O2. The molecule has 0 radical (unpaired) electrons. The van der Waals surface area contributed by atoms with E-state index >= 15 is 0 Å². The summed E-state index contributed by atoms with van der Waals surface area (Å²) in [6.07, 6.45) is 2.66. The summed E-state index contributed by atoms with van der Waals surface area (Å²) in [5.74, 6) is -0.878. The molecule has 1 aromatic carbocycles. The van der Waals surface area contributed by atoms with Crippen LogP contribution in [0.2, 0.25) is 0 Å². The fourth-order valence-corrected chi connectivity index (χ4v) is 2.46. The van der Waals surface area contributed by atoms with Gasteiger partial charge in [-0.15, -0.1) is 0 Å². The molecule has 0 fully saturated rings. The number of hydrogen-bond acceptors (Lipinski definition) is 3. The lowest BCUT2D eigenvalue weighted by molar-refractivity contribution is 0.0694. The summed E-state index contributed by atoms with van der Waals surface area (Å²) < 4.78 is 0. The molecule has 1 heterocycles. The molecule has 4 heteroatoms. The fraction of sp³-hybridized carbons (Fsp3) is 0.333. The Bertz CT molecular complexity index is 655. The van der Waals surface area contributed by atoms with Gasteiger partial charge in [-0.25, -0.2) is 4.79 Å². The van der Waals surface area contributed by atoms with Gasteiger partial charge in [0.05, 0.1) is 5.56 Å². The van der Waals surface area contributed by atoms with Gasteiger partial charge in [-0.1, -0.05) is 24.3 Å². The third-order valence-electron chi connectivity index (χ3n) is 4.03. The summed E-state index contributed by atoms with van der Waals surface area (Å²) in [6.45, 7) is 4.81. The van der Waals surface area contributed by atoms with Crippen LogP contribution in [0.3, 0.4) is 0 Å². The van der Waals surface area contributed by atoms with Crippen LogP contribution < -0.4 is 0 Å². The van der Waals surface area contributed by atoms with Crippen molar-refractivity contribution in [2.24, 2.45) is 0 Å². The molecule has 1 atom stereocenters. The monoisotopic (exact) mass is 298 g/mol. The highest BCUT2D eigenvalue weighted by atomic mass is 16.4. The molecule has 0 aliphatic heterocycles. The van der Waals surface area contributed by atoms with Crippen molar-refractivity contribution in [1.29, 1.82) is 0 Å². The maximum Gasteiger partial charge on any atom is 0.336 e. The molecule has 4 nitrogen and oxygen atoms in total. The standard InChI is InChI=1S/C18H22N2O2/c1-13-7-6-10-19-17(13)11-14(2)20(3)12-15-8-4-5-9-16(15)18(21)22/h4-10,14H,11-12H2,1-3H3,(H,21,22)/t14-/m1/s1. The highest BCUT2D eigenvalue weighted by molar-refractivity contribution is 5.89. The number of nitrogens with zero attached hydrogens (tertiary/aromatic N) is 2. The first-order chi connectivity index (χ1) is 10.5. The minimum Gasteiger partial charge on any atom is -0.478 e. The Morgan fingerprint density at radius 2 is 2.00 bits per heavy atom. The number of aryl methyl sites for hydroxylation is 1. The molecule has 0 saturated heterocycles. The smallest absolute Gasteiger partial charge is 0.336 e. The van der Waals surface area contributed by atoms with Crippen LogP contribution in [-0.2, 0) is 13.0 Å². The van der Waals surface area contributed by atoms with Crippen LogP contribution in [-0.4, -0.2) is 34.0 Å². The number of likely N-dealkylation sites (N-methyl/N-ethyl adjacent to an activating group) is 1. The molecule has 22 heavy (non-hydrogen) atoms. The molecule has 0 aliphatic rings. The predicted molar refractivity (Wildman–Crippen MR) is 87.0 cm³/mol. The molecule has 116 valence electrons. The number of carbonyl (C=O) groups is 1. The molecule has 0 unspecified atom stereocenters. The first kappa shape index (κ1) is 16.2. The van der Waals surface area contributed by atoms with Crippen LogP contribution in [0.25, 0.3) is 0 Å². The van der Waals surface area contributed by atoms with E-state index in [1.807, 2.05) is 31.4 Å². The predicted octanol–water partition coefficient (Wildman–Crippen LogP) is 3.15. The zero-order valence-electron chi connectivity index (χ0n) is 13.3. The van der Waals surface area contributed by atoms with Gasteiger partial charge >= 0.3 is 5.97 Å². The number of benzene rings is 1. The van der Waals surface area contributed by atoms with E-state index in [2.05, 4.69) is 29.8 Å². The Morgan fingerprint density at radius 3 is 2.68 bits per heavy atom. The number of carboxylic acid groups (broad SMARTS) is 1. The Labute approximate surface area is 131 Å². The second kappa shape index (κ2) is 7.18. The van der Waals surface area contributed by atoms with Crippen molar-refractivity contribution in [3.63, 3.8) is 0 Å². The van der Waals surface area contributed by atoms with Gasteiger partial charge in [-0.3, -0.25) is 9.88 Å². The molecule has 0 amide bonds. The molecule has 1 aromatic heterocycles. The normalized spacial score (nSPS) is 12.4.